The highest BCUT2D eigenvalue weighted by Gasteiger charge is 2.05. The normalized spacial score (nSPS) is 10.8. The van der Waals surface area contributed by atoms with Crippen LogP contribution >= 0.6 is 11.3 Å². The minimum Gasteiger partial charge on any atom is -0.398 e. The zero-order chi connectivity index (χ0) is 16.4. The molecule has 0 aliphatic carbocycles. The standard InChI is InChI=1S/C18H15N5S/c19-16-9-10-24-18(16)15-7-5-14(6-8-15)13-3-1-12(2-4-13)11-17-20-22-23-21-17/h1-10H,11,19H2,(H,20,21,22,23). The first-order valence-corrected chi connectivity index (χ1v) is 8.42. The van der Waals surface area contributed by atoms with Gasteiger partial charge < -0.3 is 5.73 Å². The first-order valence-electron chi connectivity index (χ1n) is 7.54. The van der Waals surface area contributed by atoms with E-state index in [1.54, 1.807) is 11.3 Å². The predicted molar refractivity (Wildman–Crippen MR) is 96.6 cm³/mol. The Hall–Kier alpha value is -2.99. The molecule has 0 radical (unpaired) electrons. The van der Waals surface area contributed by atoms with Crippen LogP contribution in [0.5, 0.6) is 0 Å². The van der Waals surface area contributed by atoms with Crippen LogP contribution in [0, 0.1) is 0 Å². The van der Waals surface area contributed by atoms with E-state index >= 15 is 0 Å². The van der Waals surface area contributed by atoms with Gasteiger partial charge >= 0.3 is 0 Å². The van der Waals surface area contributed by atoms with Crippen molar-refractivity contribution < 1.29 is 0 Å². The Morgan fingerprint density at radius 3 is 2.12 bits per heavy atom. The summed E-state index contributed by atoms with van der Waals surface area (Å²) in [6.45, 7) is 0. The van der Waals surface area contributed by atoms with Crippen molar-refractivity contribution in [2.45, 2.75) is 6.42 Å². The van der Waals surface area contributed by atoms with E-state index in [0.717, 1.165) is 21.7 Å². The SMILES string of the molecule is Nc1ccsc1-c1ccc(-c2ccc(Cc3nn[nH]n3)cc2)cc1. The molecular weight excluding hydrogens is 318 g/mol. The van der Waals surface area contributed by atoms with Crippen LogP contribution in [0.3, 0.4) is 0 Å². The number of nitrogens with zero attached hydrogens (tertiary/aromatic N) is 3. The molecule has 6 heteroatoms. The van der Waals surface area contributed by atoms with Gasteiger partial charge in [0.25, 0.3) is 0 Å². The van der Waals surface area contributed by atoms with E-state index in [0.29, 0.717) is 12.2 Å². The van der Waals surface area contributed by atoms with Crippen molar-refractivity contribution in [3.8, 4) is 21.6 Å². The molecule has 0 unspecified atom stereocenters. The Balaban J connectivity index is 1.54. The number of rotatable bonds is 4. The summed E-state index contributed by atoms with van der Waals surface area (Å²) in [5, 5.41) is 16.0. The summed E-state index contributed by atoms with van der Waals surface area (Å²) in [6.07, 6.45) is 0.674. The average Bonchev–Trinajstić information content (AvgIpc) is 3.27. The van der Waals surface area contributed by atoms with E-state index in [4.69, 9.17) is 5.73 Å². The van der Waals surface area contributed by atoms with Crippen LogP contribution in [0.2, 0.25) is 0 Å². The highest BCUT2D eigenvalue weighted by Crippen LogP contribution is 2.32. The van der Waals surface area contributed by atoms with Gasteiger partial charge in [0.2, 0.25) is 0 Å². The minimum atomic E-state index is 0.674. The molecule has 0 aliphatic rings. The second-order valence-electron chi connectivity index (χ2n) is 5.48. The number of benzene rings is 2. The van der Waals surface area contributed by atoms with Crippen LogP contribution in [-0.4, -0.2) is 20.6 Å². The van der Waals surface area contributed by atoms with Crippen molar-refractivity contribution in [3.63, 3.8) is 0 Å². The van der Waals surface area contributed by atoms with Gasteiger partial charge in [-0.25, -0.2) is 0 Å². The number of aromatic nitrogens is 4. The van der Waals surface area contributed by atoms with Crippen molar-refractivity contribution in [1.82, 2.24) is 20.6 Å². The molecule has 3 N–H and O–H groups in total. The van der Waals surface area contributed by atoms with E-state index in [2.05, 4.69) is 69.2 Å². The molecule has 0 fully saturated rings. The fraction of sp³-hybridized carbons (Fsp3) is 0.0556. The zero-order valence-corrected chi connectivity index (χ0v) is 13.6. The summed E-state index contributed by atoms with van der Waals surface area (Å²) in [4.78, 5) is 1.12. The molecule has 2 aromatic carbocycles. The quantitative estimate of drug-likeness (QED) is 0.596. The largest absolute Gasteiger partial charge is 0.398 e. The van der Waals surface area contributed by atoms with Crippen molar-refractivity contribution in [2.24, 2.45) is 0 Å². The highest BCUT2D eigenvalue weighted by atomic mass is 32.1. The summed E-state index contributed by atoms with van der Waals surface area (Å²) < 4.78 is 0. The number of anilines is 1. The van der Waals surface area contributed by atoms with Gasteiger partial charge in [-0.2, -0.15) is 5.21 Å². The summed E-state index contributed by atoms with van der Waals surface area (Å²) in [7, 11) is 0. The maximum atomic E-state index is 5.99. The maximum absolute atomic E-state index is 5.99. The minimum absolute atomic E-state index is 0.674. The van der Waals surface area contributed by atoms with Gasteiger partial charge in [0.05, 0.1) is 10.6 Å². The van der Waals surface area contributed by atoms with Crippen LogP contribution in [0.4, 0.5) is 5.69 Å². The molecule has 0 bridgehead atoms. The number of hydrogen-bond donors (Lipinski definition) is 2. The van der Waals surface area contributed by atoms with Gasteiger partial charge in [-0.05, 0) is 33.7 Å². The topological polar surface area (TPSA) is 80.5 Å². The Morgan fingerprint density at radius 1 is 0.875 bits per heavy atom. The van der Waals surface area contributed by atoms with E-state index < -0.39 is 0 Å². The summed E-state index contributed by atoms with van der Waals surface area (Å²) in [6, 6.07) is 18.8. The Labute approximate surface area is 143 Å². The Morgan fingerprint density at radius 2 is 1.54 bits per heavy atom. The highest BCUT2D eigenvalue weighted by molar-refractivity contribution is 7.14. The molecule has 4 rings (SSSR count). The molecule has 0 saturated heterocycles. The van der Waals surface area contributed by atoms with E-state index in [-0.39, 0.29) is 0 Å². The smallest absolute Gasteiger partial charge is 0.178 e. The molecule has 0 spiro atoms. The summed E-state index contributed by atoms with van der Waals surface area (Å²) in [5.74, 6) is 0.695. The van der Waals surface area contributed by atoms with E-state index in [1.807, 2.05) is 11.4 Å². The molecule has 0 atom stereocenters. The zero-order valence-electron chi connectivity index (χ0n) is 12.8. The number of aromatic amines is 1. The first-order chi connectivity index (χ1) is 11.8. The third-order valence-electron chi connectivity index (χ3n) is 3.88. The van der Waals surface area contributed by atoms with Crippen molar-refractivity contribution in [1.29, 1.82) is 0 Å². The fourth-order valence-corrected chi connectivity index (χ4v) is 3.45. The summed E-state index contributed by atoms with van der Waals surface area (Å²) in [5.41, 5.74) is 11.5. The maximum Gasteiger partial charge on any atom is 0.178 e. The van der Waals surface area contributed by atoms with Gasteiger partial charge in [-0.1, -0.05) is 53.7 Å². The Bertz CT molecular complexity index is 924. The second kappa shape index (κ2) is 6.25. The van der Waals surface area contributed by atoms with Gasteiger partial charge in [-0.3, -0.25) is 0 Å². The van der Waals surface area contributed by atoms with Gasteiger partial charge in [0.1, 0.15) is 0 Å². The van der Waals surface area contributed by atoms with E-state index in [9.17, 15) is 0 Å². The molecule has 118 valence electrons. The lowest BCUT2D eigenvalue weighted by Gasteiger charge is -2.05. The van der Waals surface area contributed by atoms with Gasteiger partial charge in [0.15, 0.2) is 5.82 Å². The predicted octanol–water partition coefficient (Wildman–Crippen LogP) is 3.77. The molecule has 4 aromatic rings. The number of H-pyrrole nitrogens is 1. The van der Waals surface area contributed by atoms with Crippen LogP contribution in [0.25, 0.3) is 21.6 Å². The monoisotopic (exact) mass is 333 g/mol. The van der Waals surface area contributed by atoms with Crippen molar-refractivity contribution >= 4 is 17.0 Å². The molecule has 0 saturated carbocycles. The van der Waals surface area contributed by atoms with Crippen LogP contribution in [0.15, 0.2) is 60.0 Å². The fourth-order valence-electron chi connectivity index (χ4n) is 2.62. The van der Waals surface area contributed by atoms with Crippen molar-refractivity contribution in [3.05, 3.63) is 71.4 Å². The van der Waals surface area contributed by atoms with Crippen molar-refractivity contribution in [2.75, 3.05) is 5.73 Å². The number of nitrogen functional groups attached to an aromatic ring is 1. The lowest BCUT2D eigenvalue weighted by Crippen LogP contribution is -1.91. The first kappa shape index (κ1) is 14.6. The van der Waals surface area contributed by atoms with Crippen LogP contribution < -0.4 is 5.73 Å². The lowest BCUT2D eigenvalue weighted by atomic mass is 10.0. The molecule has 0 amide bonds. The summed E-state index contributed by atoms with van der Waals surface area (Å²) >= 11 is 1.66. The third kappa shape index (κ3) is 2.91. The third-order valence-corrected chi connectivity index (χ3v) is 4.86. The van der Waals surface area contributed by atoms with Crippen LogP contribution in [-0.2, 0) is 6.42 Å². The second-order valence-corrected chi connectivity index (χ2v) is 6.40. The molecule has 2 heterocycles. The number of hydrogen-bond acceptors (Lipinski definition) is 5. The average molecular weight is 333 g/mol. The number of thiophene rings is 1. The lowest BCUT2D eigenvalue weighted by molar-refractivity contribution is 0.881. The Kier molecular flexibility index (Phi) is 3.80. The number of nitrogens with two attached hydrogens (primary N) is 1. The van der Waals surface area contributed by atoms with Gasteiger partial charge in [-0.15, -0.1) is 21.5 Å². The van der Waals surface area contributed by atoms with Gasteiger partial charge in [0, 0.05) is 6.42 Å². The molecule has 5 nitrogen and oxygen atoms in total. The molecular formula is C18H15N5S. The van der Waals surface area contributed by atoms with Crippen LogP contribution in [0.1, 0.15) is 11.4 Å². The number of tetrazole rings is 1. The van der Waals surface area contributed by atoms with E-state index in [1.165, 1.54) is 11.1 Å². The molecule has 0 aliphatic heterocycles. The number of nitrogens with one attached hydrogen (secondary N) is 1. The molecule has 24 heavy (non-hydrogen) atoms. The molecule has 2 aromatic heterocycles.